The van der Waals surface area contributed by atoms with Crippen LogP contribution in [0.2, 0.25) is 5.02 Å². The smallest absolute Gasteiger partial charge is 0.252 e. The summed E-state index contributed by atoms with van der Waals surface area (Å²) >= 11 is 6.14. The van der Waals surface area contributed by atoms with E-state index in [4.69, 9.17) is 16.3 Å². The summed E-state index contributed by atoms with van der Waals surface area (Å²) < 4.78 is 5.19. The number of methoxy groups -OCH3 is 1. The standard InChI is InChI=1S/C20H25ClN2O2/c1-4-23(16-7-9-17(25-3)10-8-16)13-5-12-22-20(24)18-11-6-15(2)14-19(18)21/h6-11,14H,4-5,12-13H2,1-3H3,(H,22,24). The highest BCUT2D eigenvalue weighted by Crippen LogP contribution is 2.19. The first-order valence-corrected chi connectivity index (χ1v) is 8.86. The van der Waals surface area contributed by atoms with E-state index in [0.717, 1.165) is 36.5 Å². The molecule has 0 saturated carbocycles. The number of carbonyl (C=O) groups excluding carboxylic acids is 1. The molecule has 0 unspecified atom stereocenters. The highest BCUT2D eigenvalue weighted by molar-refractivity contribution is 6.33. The van der Waals surface area contributed by atoms with Gasteiger partial charge in [0, 0.05) is 25.3 Å². The van der Waals surface area contributed by atoms with Gasteiger partial charge in [-0.15, -0.1) is 0 Å². The molecule has 0 spiro atoms. The number of carbonyl (C=O) groups is 1. The van der Waals surface area contributed by atoms with Gasteiger partial charge in [-0.25, -0.2) is 0 Å². The third-order valence-electron chi connectivity index (χ3n) is 4.08. The van der Waals surface area contributed by atoms with Crippen molar-refractivity contribution in [3.05, 3.63) is 58.6 Å². The average molecular weight is 361 g/mol. The lowest BCUT2D eigenvalue weighted by Crippen LogP contribution is -2.30. The molecule has 2 rings (SSSR count). The number of halogens is 1. The number of hydrogen-bond acceptors (Lipinski definition) is 3. The second-order valence-corrected chi connectivity index (χ2v) is 6.28. The molecule has 25 heavy (non-hydrogen) atoms. The summed E-state index contributed by atoms with van der Waals surface area (Å²) in [6, 6.07) is 13.5. The average Bonchev–Trinajstić information content (AvgIpc) is 2.62. The zero-order chi connectivity index (χ0) is 18.2. The minimum Gasteiger partial charge on any atom is -0.497 e. The summed E-state index contributed by atoms with van der Waals surface area (Å²) in [5, 5.41) is 3.43. The molecule has 0 atom stereocenters. The fourth-order valence-electron chi connectivity index (χ4n) is 2.63. The lowest BCUT2D eigenvalue weighted by Gasteiger charge is -2.23. The molecule has 0 radical (unpaired) electrons. The molecule has 0 aliphatic heterocycles. The van der Waals surface area contributed by atoms with Gasteiger partial charge in [0.2, 0.25) is 0 Å². The molecular formula is C20H25ClN2O2. The summed E-state index contributed by atoms with van der Waals surface area (Å²) in [6.45, 7) is 6.45. The summed E-state index contributed by atoms with van der Waals surface area (Å²) in [5.41, 5.74) is 2.71. The van der Waals surface area contributed by atoms with E-state index in [0.29, 0.717) is 17.1 Å². The van der Waals surface area contributed by atoms with Gasteiger partial charge in [-0.2, -0.15) is 0 Å². The number of amides is 1. The van der Waals surface area contributed by atoms with Crippen LogP contribution in [0.5, 0.6) is 5.75 Å². The molecular weight excluding hydrogens is 336 g/mol. The topological polar surface area (TPSA) is 41.6 Å². The summed E-state index contributed by atoms with van der Waals surface area (Å²) in [7, 11) is 1.66. The van der Waals surface area contributed by atoms with Crippen LogP contribution in [0, 0.1) is 6.92 Å². The second kappa shape index (κ2) is 9.33. The van der Waals surface area contributed by atoms with E-state index in [1.165, 1.54) is 0 Å². The first-order valence-electron chi connectivity index (χ1n) is 8.48. The summed E-state index contributed by atoms with van der Waals surface area (Å²) in [6.07, 6.45) is 0.856. The van der Waals surface area contributed by atoms with Crippen molar-refractivity contribution in [2.75, 3.05) is 31.6 Å². The number of hydrogen-bond donors (Lipinski definition) is 1. The van der Waals surface area contributed by atoms with Crippen LogP contribution in [-0.2, 0) is 0 Å². The van der Waals surface area contributed by atoms with Gasteiger partial charge in [0.05, 0.1) is 17.7 Å². The molecule has 1 N–H and O–H groups in total. The molecule has 0 aromatic heterocycles. The maximum Gasteiger partial charge on any atom is 0.252 e. The molecule has 0 aliphatic rings. The van der Waals surface area contributed by atoms with Gasteiger partial charge in [0.15, 0.2) is 0 Å². The first kappa shape index (κ1) is 19.1. The Kier molecular flexibility index (Phi) is 7.14. The van der Waals surface area contributed by atoms with E-state index >= 15 is 0 Å². The SMILES string of the molecule is CCN(CCCNC(=O)c1ccc(C)cc1Cl)c1ccc(OC)cc1. The Morgan fingerprint density at radius 3 is 2.52 bits per heavy atom. The maximum atomic E-state index is 12.2. The van der Waals surface area contributed by atoms with Gasteiger partial charge < -0.3 is 15.0 Å². The van der Waals surface area contributed by atoms with E-state index in [1.54, 1.807) is 19.2 Å². The van der Waals surface area contributed by atoms with Crippen molar-refractivity contribution in [1.29, 1.82) is 0 Å². The molecule has 4 nitrogen and oxygen atoms in total. The number of nitrogens with zero attached hydrogens (tertiary/aromatic N) is 1. The van der Waals surface area contributed by atoms with E-state index < -0.39 is 0 Å². The van der Waals surface area contributed by atoms with Crippen molar-refractivity contribution in [2.24, 2.45) is 0 Å². The number of benzene rings is 2. The van der Waals surface area contributed by atoms with Gasteiger partial charge in [-0.05, 0) is 62.2 Å². The summed E-state index contributed by atoms with van der Waals surface area (Å²) in [5.74, 6) is 0.722. The lowest BCUT2D eigenvalue weighted by molar-refractivity contribution is 0.0953. The molecule has 0 bridgehead atoms. The number of nitrogens with one attached hydrogen (secondary N) is 1. The Labute approximate surface area is 154 Å². The van der Waals surface area contributed by atoms with Crippen LogP contribution in [0.1, 0.15) is 29.3 Å². The molecule has 2 aromatic carbocycles. The highest BCUT2D eigenvalue weighted by atomic mass is 35.5. The Bertz CT molecular complexity index is 701. The van der Waals surface area contributed by atoms with Crippen molar-refractivity contribution in [3.8, 4) is 5.75 Å². The summed E-state index contributed by atoms with van der Waals surface area (Å²) in [4.78, 5) is 14.5. The van der Waals surface area contributed by atoms with Crippen LogP contribution in [0.25, 0.3) is 0 Å². The van der Waals surface area contributed by atoms with Crippen LogP contribution < -0.4 is 15.0 Å². The fraction of sp³-hybridized carbons (Fsp3) is 0.350. The van der Waals surface area contributed by atoms with Crippen molar-refractivity contribution in [1.82, 2.24) is 5.32 Å². The molecule has 134 valence electrons. The van der Waals surface area contributed by atoms with Crippen LogP contribution in [0.3, 0.4) is 0 Å². The van der Waals surface area contributed by atoms with Crippen molar-refractivity contribution in [3.63, 3.8) is 0 Å². The Balaban J connectivity index is 1.83. The van der Waals surface area contributed by atoms with Gasteiger partial charge in [0.25, 0.3) is 5.91 Å². The molecule has 0 saturated heterocycles. The van der Waals surface area contributed by atoms with Crippen LogP contribution in [0.15, 0.2) is 42.5 Å². The number of anilines is 1. The first-order chi connectivity index (χ1) is 12.0. The van der Waals surface area contributed by atoms with E-state index in [-0.39, 0.29) is 5.91 Å². The molecule has 1 amide bonds. The van der Waals surface area contributed by atoms with Crippen LogP contribution >= 0.6 is 11.6 Å². The number of rotatable bonds is 8. The van der Waals surface area contributed by atoms with Gasteiger partial charge in [-0.3, -0.25) is 4.79 Å². The monoisotopic (exact) mass is 360 g/mol. The van der Waals surface area contributed by atoms with Crippen molar-refractivity contribution >= 4 is 23.2 Å². The molecule has 5 heteroatoms. The van der Waals surface area contributed by atoms with E-state index in [9.17, 15) is 4.79 Å². The highest BCUT2D eigenvalue weighted by Gasteiger charge is 2.10. The lowest BCUT2D eigenvalue weighted by atomic mass is 10.1. The number of ether oxygens (including phenoxy) is 1. The van der Waals surface area contributed by atoms with Crippen molar-refractivity contribution < 1.29 is 9.53 Å². The predicted molar refractivity (Wildman–Crippen MR) is 104 cm³/mol. The van der Waals surface area contributed by atoms with E-state index in [2.05, 4.69) is 17.1 Å². The normalized spacial score (nSPS) is 10.4. The minimum atomic E-state index is -0.127. The maximum absolute atomic E-state index is 12.2. The third-order valence-corrected chi connectivity index (χ3v) is 4.39. The quantitative estimate of drug-likeness (QED) is 0.713. The molecule has 0 fully saturated rings. The molecule has 0 heterocycles. The van der Waals surface area contributed by atoms with Gasteiger partial charge >= 0.3 is 0 Å². The fourth-order valence-corrected chi connectivity index (χ4v) is 2.96. The number of aryl methyl sites for hydroxylation is 1. The predicted octanol–water partition coefficient (Wildman–Crippen LogP) is 4.30. The van der Waals surface area contributed by atoms with Gasteiger partial charge in [0.1, 0.15) is 5.75 Å². The largest absolute Gasteiger partial charge is 0.497 e. The van der Waals surface area contributed by atoms with E-state index in [1.807, 2.05) is 37.3 Å². The van der Waals surface area contributed by atoms with Crippen LogP contribution in [-0.4, -0.2) is 32.7 Å². The molecule has 2 aromatic rings. The Morgan fingerprint density at radius 2 is 1.92 bits per heavy atom. The van der Waals surface area contributed by atoms with Gasteiger partial charge in [-0.1, -0.05) is 17.7 Å². The zero-order valence-corrected chi connectivity index (χ0v) is 15.8. The Morgan fingerprint density at radius 1 is 1.20 bits per heavy atom. The zero-order valence-electron chi connectivity index (χ0n) is 15.0. The Hall–Kier alpha value is -2.20. The van der Waals surface area contributed by atoms with Crippen LogP contribution in [0.4, 0.5) is 5.69 Å². The second-order valence-electron chi connectivity index (χ2n) is 5.87. The minimum absolute atomic E-state index is 0.127. The van der Waals surface area contributed by atoms with Crippen molar-refractivity contribution in [2.45, 2.75) is 20.3 Å². The third kappa shape index (κ3) is 5.40. The molecule has 0 aliphatic carbocycles.